The van der Waals surface area contributed by atoms with E-state index >= 15 is 0 Å². The topological polar surface area (TPSA) is 86.5 Å². The molecule has 0 saturated carbocycles. The number of carboxylic acid groups (broad SMARTS) is 1. The van der Waals surface area contributed by atoms with Crippen molar-refractivity contribution >= 4 is 47.5 Å². The van der Waals surface area contributed by atoms with E-state index in [-0.39, 0.29) is 23.6 Å². The van der Waals surface area contributed by atoms with Gasteiger partial charge in [-0.15, -0.1) is 11.8 Å². The Labute approximate surface area is 281 Å². The second-order valence-corrected chi connectivity index (χ2v) is 14.4. The third-order valence-electron chi connectivity index (χ3n) is 7.37. The molecule has 0 unspecified atom stereocenters. The van der Waals surface area contributed by atoms with Crippen molar-refractivity contribution in [1.29, 1.82) is 0 Å². The summed E-state index contributed by atoms with van der Waals surface area (Å²) in [6, 6.07) is 24.2. The standard InChI is InChI=1S/C36H39N3O4S.Li.H/c1-35(2,3)44-33-29-19-28(43-23-27-9-7-8-18-37-27)15-16-30(29)39(31(33)20-36(4,5)34(40)41)22-24-10-12-25(13-11-24)26-14-17-32(42-6)38-21-26;;/h7-19,21H,20,22-23H2,1-6H3,(H,40,41);;. The fourth-order valence-corrected chi connectivity index (χ4v) is 6.20. The number of hydrogen-bond acceptors (Lipinski definition) is 6. The number of nitrogens with zero attached hydrogens (tertiary/aromatic N) is 3. The predicted molar refractivity (Wildman–Crippen MR) is 184 cm³/mol. The van der Waals surface area contributed by atoms with E-state index in [0.717, 1.165) is 49.6 Å². The number of pyridine rings is 2. The summed E-state index contributed by atoms with van der Waals surface area (Å²) in [6.45, 7) is 11.1. The first-order valence-corrected chi connectivity index (χ1v) is 15.4. The minimum absolute atomic E-state index is 0. The number of fused-ring (bicyclic) bond motifs is 1. The molecular weight excluding hydrogens is 577 g/mol. The zero-order valence-corrected chi connectivity index (χ0v) is 26.9. The van der Waals surface area contributed by atoms with Crippen LogP contribution in [-0.2, 0) is 24.4 Å². The SMILES string of the molecule is COc1ccc(-c2ccc(Cn3c(CC(C)(C)C(=O)O)c(SC(C)(C)C)c4cc(OCc5ccccn5)ccc43)cc2)cn1.[LiH]. The van der Waals surface area contributed by atoms with Crippen molar-refractivity contribution in [2.24, 2.45) is 5.41 Å². The van der Waals surface area contributed by atoms with Gasteiger partial charge in [0.2, 0.25) is 5.88 Å². The second kappa shape index (κ2) is 14.2. The van der Waals surface area contributed by atoms with E-state index in [1.807, 2.05) is 42.6 Å². The monoisotopic (exact) mass is 617 g/mol. The van der Waals surface area contributed by atoms with Crippen molar-refractivity contribution in [3.63, 3.8) is 0 Å². The Morgan fingerprint density at radius 3 is 2.27 bits per heavy atom. The summed E-state index contributed by atoms with van der Waals surface area (Å²) < 4.78 is 13.6. The summed E-state index contributed by atoms with van der Waals surface area (Å²) >= 11 is 1.77. The van der Waals surface area contributed by atoms with Crippen LogP contribution >= 0.6 is 11.8 Å². The minimum atomic E-state index is -0.956. The molecule has 5 rings (SSSR count). The van der Waals surface area contributed by atoms with E-state index in [4.69, 9.17) is 9.47 Å². The van der Waals surface area contributed by atoms with Crippen LogP contribution in [-0.4, -0.2) is 56.3 Å². The molecule has 0 saturated heterocycles. The van der Waals surface area contributed by atoms with Gasteiger partial charge in [-0.25, -0.2) is 4.98 Å². The van der Waals surface area contributed by atoms with Gasteiger partial charge in [0.1, 0.15) is 12.4 Å². The van der Waals surface area contributed by atoms with Crippen LogP contribution in [0.2, 0.25) is 0 Å². The van der Waals surface area contributed by atoms with Gasteiger partial charge in [-0.05, 0) is 61.4 Å². The summed E-state index contributed by atoms with van der Waals surface area (Å²) in [5.41, 5.74) is 5.14. The van der Waals surface area contributed by atoms with E-state index in [9.17, 15) is 9.90 Å². The average molecular weight is 618 g/mol. The van der Waals surface area contributed by atoms with E-state index in [1.54, 1.807) is 38.9 Å². The molecule has 0 radical (unpaired) electrons. The van der Waals surface area contributed by atoms with Gasteiger partial charge in [0.15, 0.2) is 0 Å². The Morgan fingerprint density at radius 1 is 0.933 bits per heavy atom. The zero-order valence-electron chi connectivity index (χ0n) is 26.1. The molecule has 0 aliphatic carbocycles. The number of aromatic nitrogens is 3. The van der Waals surface area contributed by atoms with Crippen LogP contribution in [0.1, 0.15) is 51.6 Å². The van der Waals surface area contributed by atoms with Crippen LogP contribution in [0.15, 0.2) is 90.1 Å². The van der Waals surface area contributed by atoms with Crippen molar-refractivity contribution in [2.45, 2.75) is 63.8 Å². The second-order valence-electron chi connectivity index (χ2n) is 12.5. The van der Waals surface area contributed by atoms with Crippen LogP contribution in [0.3, 0.4) is 0 Å². The number of carbonyl (C=O) groups is 1. The fourth-order valence-electron chi connectivity index (χ4n) is 5.01. The molecule has 3 heterocycles. The number of ether oxygens (including phenoxy) is 2. The van der Waals surface area contributed by atoms with Crippen LogP contribution in [0, 0.1) is 5.41 Å². The summed E-state index contributed by atoms with van der Waals surface area (Å²) in [7, 11) is 1.61. The molecule has 0 atom stereocenters. The molecular formula is C36H40LiN3O4S. The summed E-state index contributed by atoms with van der Waals surface area (Å²) in [5.74, 6) is 0.506. The van der Waals surface area contributed by atoms with Crippen molar-refractivity contribution in [2.75, 3.05) is 7.11 Å². The Bertz CT molecular complexity index is 1750. The fraction of sp³-hybridized carbons (Fsp3) is 0.306. The van der Waals surface area contributed by atoms with Crippen molar-refractivity contribution in [1.82, 2.24) is 14.5 Å². The molecule has 0 bridgehead atoms. The third kappa shape index (κ3) is 8.32. The maximum atomic E-state index is 12.3. The van der Waals surface area contributed by atoms with E-state index < -0.39 is 11.4 Å². The molecule has 2 aromatic carbocycles. The molecule has 0 aliphatic rings. The molecule has 7 nitrogen and oxygen atoms in total. The number of rotatable bonds is 11. The number of hydrogen-bond donors (Lipinski definition) is 1. The van der Waals surface area contributed by atoms with Gasteiger partial charge in [0, 0.05) is 63.2 Å². The molecule has 9 heteroatoms. The van der Waals surface area contributed by atoms with Gasteiger partial charge in [-0.2, -0.15) is 0 Å². The Morgan fingerprint density at radius 2 is 1.67 bits per heavy atom. The van der Waals surface area contributed by atoms with Gasteiger partial charge in [-0.1, -0.05) is 51.1 Å². The van der Waals surface area contributed by atoms with Gasteiger partial charge >= 0.3 is 24.8 Å². The molecule has 45 heavy (non-hydrogen) atoms. The molecule has 0 fully saturated rings. The number of methoxy groups -OCH3 is 1. The Hall–Kier alpha value is -3.70. The van der Waals surface area contributed by atoms with E-state index in [1.165, 1.54) is 0 Å². The Kier molecular flexibility index (Phi) is 10.8. The zero-order chi connectivity index (χ0) is 31.5. The predicted octanol–water partition coefficient (Wildman–Crippen LogP) is 7.63. The summed E-state index contributed by atoms with van der Waals surface area (Å²) in [4.78, 5) is 22.1. The van der Waals surface area contributed by atoms with Crippen molar-refractivity contribution in [3.05, 3.63) is 102 Å². The van der Waals surface area contributed by atoms with E-state index in [0.29, 0.717) is 25.5 Å². The van der Waals surface area contributed by atoms with Crippen LogP contribution in [0.5, 0.6) is 11.6 Å². The number of thioether (sulfide) groups is 1. The van der Waals surface area contributed by atoms with Gasteiger partial charge in [0.05, 0.1) is 18.2 Å². The molecule has 5 aromatic rings. The first-order valence-electron chi connectivity index (χ1n) is 14.6. The first kappa shape index (κ1) is 34.2. The number of aliphatic carboxylic acids is 1. The third-order valence-corrected chi connectivity index (χ3v) is 8.65. The molecule has 0 amide bonds. The van der Waals surface area contributed by atoms with Crippen molar-refractivity contribution in [3.8, 4) is 22.8 Å². The molecule has 3 aromatic heterocycles. The molecule has 0 spiro atoms. The van der Waals surface area contributed by atoms with Crippen LogP contribution < -0.4 is 9.47 Å². The summed E-state index contributed by atoms with van der Waals surface area (Å²) in [6.07, 6.45) is 3.95. The summed E-state index contributed by atoms with van der Waals surface area (Å²) in [5, 5.41) is 11.2. The quantitative estimate of drug-likeness (QED) is 0.120. The number of carboxylic acids is 1. The normalized spacial score (nSPS) is 11.7. The van der Waals surface area contributed by atoms with E-state index in [2.05, 4.69) is 71.7 Å². The molecule has 1 N–H and O–H groups in total. The van der Waals surface area contributed by atoms with Crippen LogP contribution in [0.4, 0.5) is 0 Å². The molecule has 230 valence electrons. The Balaban J connectivity index is 0.00000461. The number of benzene rings is 2. The molecule has 0 aliphatic heterocycles. The van der Waals surface area contributed by atoms with Crippen LogP contribution in [0.25, 0.3) is 22.0 Å². The first-order chi connectivity index (χ1) is 20.9. The van der Waals surface area contributed by atoms with Crippen molar-refractivity contribution < 1.29 is 19.4 Å². The maximum absolute atomic E-state index is 12.3. The van der Waals surface area contributed by atoms with Gasteiger partial charge < -0.3 is 19.1 Å². The van der Waals surface area contributed by atoms with Gasteiger partial charge in [-0.3, -0.25) is 9.78 Å². The van der Waals surface area contributed by atoms with Gasteiger partial charge in [0.25, 0.3) is 0 Å². The average Bonchev–Trinajstić information content (AvgIpc) is 3.26.